The molecule has 4 nitrogen and oxygen atoms in total. The summed E-state index contributed by atoms with van der Waals surface area (Å²) in [4.78, 5) is 27.0. The summed E-state index contributed by atoms with van der Waals surface area (Å²) < 4.78 is 13.5. The summed E-state index contributed by atoms with van der Waals surface area (Å²) in [5.74, 6) is -0.556. The van der Waals surface area contributed by atoms with Crippen molar-refractivity contribution < 1.29 is 14.0 Å². The predicted octanol–water partition coefficient (Wildman–Crippen LogP) is 4.60. The highest BCUT2D eigenvalue weighted by Crippen LogP contribution is 2.32. The lowest BCUT2D eigenvalue weighted by Crippen LogP contribution is -2.28. The average molecular weight is 376 g/mol. The number of fused-ring (bicyclic) bond motifs is 1. The van der Waals surface area contributed by atoms with Gasteiger partial charge in [0.15, 0.2) is 0 Å². The number of rotatable bonds is 5. The molecule has 0 bridgehead atoms. The van der Waals surface area contributed by atoms with E-state index in [0.29, 0.717) is 16.8 Å². The Hall–Kier alpha value is -3.21. The molecule has 0 spiro atoms. The van der Waals surface area contributed by atoms with Gasteiger partial charge in [-0.25, -0.2) is 4.39 Å². The van der Waals surface area contributed by atoms with E-state index in [2.05, 4.69) is 5.32 Å². The van der Waals surface area contributed by atoms with E-state index in [-0.39, 0.29) is 30.1 Å². The van der Waals surface area contributed by atoms with E-state index in [9.17, 15) is 14.0 Å². The Labute approximate surface area is 163 Å². The van der Waals surface area contributed by atoms with Crippen LogP contribution < -0.4 is 5.32 Å². The summed E-state index contributed by atoms with van der Waals surface area (Å²) in [6, 6.07) is 17.6. The highest BCUT2D eigenvalue weighted by atomic mass is 19.1. The number of hydrogen-bond donors (Lipinski definition) is 1. The molecule has 3 aromatic rings. The largest absolute Gasteiger partial charge is 0.337 e. The number of carbonyl (C=O) groups excluding carboxylic acids is 2. The number of carbonyl (C=O) groups is 2. The lowest BCUT2D eigenvalue weighted by atomic mass is 10.0. The Balaban J connectivity index is 1.66. The fourth-order valence-electron chi connectivity index (χ4n) is 3.29. The molecule has 1 saturated carbocycles. The van der Waals surface area contributed by atoms with Crippen molar-refractivity contribution in [1.82, 2.24) is 4.90 Å². The summed E-state index contributed by atoms with van der Waals surface area (Å²) in [6.45, 7) is 0.277. The maximum Gasteiger partial charge on any atom is 0.256 e. The summed E-state index contributed by atoms with van der Waals surface area (Å²) in [6.07, 6.45) is 1.78. The lowest BCUT2D eigenvalue weighted by molar-refractivity contribution is -0.117. The number of amides is 2. The summed E-state index contributed by atoms with van der Waals surface area (Å²) >= 11 is 0. The van der Waals surface area contributed by atoms with Gasteiger partial charge < -0.3 is 10.2 Å². The molecule has 2 amide bonds. The van der Waals surface area contributed by atoms with Crippen molar-refractivity contribution in [3.63, 3.8) is 0 Å². The first-order chi connectivity index (χ1) is 13.5. The van der Waals surface area contributed by atoms with Gasteiger partial charge in [-0.15, -0.1) is 0 Å². The fourth-order valence-corrected chi connectivity index (χ4v) is 3.29. The molecular formula is C23H21FN2O2. The van der Waals surface area contributed by atoms with E-state index in [1.54, 1.807) is 19.2 Å². The van der Waals surface area contributed by atoms with Gasteiger partial charge in [-0.05, 0) is 53.4 Å². The average Bonchev–Trinajstić information content (AvgIpc) is 3.52. The first-order valence-electron chi connectivity index (χ1n) is 9.35. The summed E-state index contributed by atoms with van der Waals surface area (Å²) in [7, 11) is 1.68. The normalized spacial score (nSPS) is 13.4. The van der Waals surface area contributed by atoms with Crippen molar-refractivity contribution in [2.75, 3.05) is 12.4 Å². The lowest BCUT2D eigenvalue weighted by Gasteiger charge is -2.20. The second kappa shape index (κ2) is 7.43. The van der Waals surface area contributed by atoms with Gasteiger partial charge in [0, 0.05) is 19.5 Å². The van der Waals surface area contributed by atoms with Crippen molar-refractivity contribution in [1.29, 1.82) is 0 Å². The molecule has 28 heavy (non-hydrogen) atoms. The number of halogens is 1. The molecule has 5 heteroatoms. The molecule has 4 rings (SSSR count). The second-order valence-electron chi connectivity index (χ2n) is 7.30. The van der Waals surface area contributed by atoms with E-state index >= 15 is 0 Å². The van der Waals surface area contributed by atoms with Crippen LogP contribution in [-0.4, -0.2) is 23.8 Å². The van der Waals surface area contributed by atoms with E-state index < -0.39 is 0 Å². The monoisotopic (exact) mass is 376 g/mol. The van der Waals surface area contributed by atoms with Crippen LogP contribution in [0.25, 0.3) is 10.8 Å². The molecule has 1 fully saturated rings. The minimum atomic E-state index is -0.332. The molecule has 0 heterocycles. The van der Waals surface area contributed by atoms with Gasteiger partial charge in [0.25, 0.3) is 5.91 Å². The fraction of sp³-hybridized carbons (Fsp3) is 0.217. The molecule has 1 aliphatic carbocycles. The zero-order chi connectivity index (χ0) is 19.7. The predicted molar refractivity (Wildman–Crippen MR) is 107 cm³/mol. The third-order valence-corrected chi connectivity index (χ3v) is 4.98. The topological polar surface area (TPSA) is 49.4 Å². The van der Waals surface area contributed by atoms with Gasteiger partial charge in [0.1, 0.15) is 5.82 Å². The first kappa shape index (κ1) is 18.2. The number of nitrogens with one attached hydrogen (secondary N) is 1. The molecule has 1 aliphatic rings. The van der Waals surface area contributed by atoms with Gasteiger partial charge in [-0.3, -0.25) is 9.59 Å². The summed E-state index contributed by atoms with van der Waals surface area (Å²) in [5.41, 5.74) is 1.67. The molecule has 142 valence electrons. The molecule has 0 radical (unpaired) electrons. The zero-order valence-electron chi connectivity index (χ0n) is 15.6. The molecule has 0 aliphatic heterocycles. The van der Waals surface area contributed by atoms with Crippen LogP contribution in [0.15, 0.2) is 60.7 Å². The zero-order valence-corrected chi connectivity index (χ0v) is 15.6. The highest BCUT2D eigenvalue weighted by molar-refractivity contribution is 6.08. The Kier molecular flexibility index (Phi) is 4.82. The van der Waals surface area contributed by atoms with Crippen molar-refractivity contribution in [2.24, 2.45) is 5.92 Å². The van der Waals surface area contributed by atoms with Crippen molar-refractivity contribution >= 4 is 28.3 Å². The van der Waals surface area contributed by atoms with E-state index in [1.807, 2.05) is 36.4 Å². The van der Waals surface area contributed by atoms with E-state index in [0.717, 1.165) is 23.6 Å². The molecule has 0 atom stereocenters. The Morgan fingerprint density at radius 3 is 2.43 bits per heavy atom. The minimum Gasteiger partial charge on any atom is -0.337 e. The van der Waals surface area contributed by atoms with Crippen molar-refractivity contribution in [3.05, 3.63) is 77.6 Å². The molecule has 0 aromatic heterocycles. The molecular weight excluding hydrogens is 355 g/mol. The summed E-state index contributed by atoms with van der Waals surface area (Å²) in [5, 5.41) is 4.81. The van der Waals surface area contributed by atoms with Crippen LogP contribution in [0.3, 0.4) is 0 Å². The first-order valence-corrected chi connectivity index (χ1v) is 9.35. The van der Waals surface area contributed by atoms with Crippen molar-refractivity contribution in [3.8, 4) is 0 Å². The van der Waals surface area contributed by atoms with Crippen LogP contribution in [0, 0.1) is 11.7 Å². The van der Waals surface area contributed by atoms with Crippen LogP contribution >= 0.6 is 0 Å². The quantitative estimate of drug-likeness (QED) is 0.707. The third kappa shape index (κ3) is 3.88. The van der Waals surface area contributed by atoms with Crippen LogP contribution in [0.4, 0.5) is 10.1 Å². The Bertz CT molecular complexity index is 1060. The highest BCUT2D eigenvalue weighted by Gasteiger charge is 2.30. The second-order valence-corrected chi connectivity index (χ2v) is 7.30. The Morgan fingerprint density at radius 2 is 1.75 bits per heavy atom. The van der Waals surface area contributed by atoms with Crippen LogP contribution in [0.5, 0.6) is 0 Å². The maximum absolute atomic E-state index is 13.5. The number of nitrogens with zero attached hydrogens (tertiary/aromatic N) is 1. The number of anilines is 1. The molecule has 0 unspecified atom stereocenters. The molecule has 3 aromatic carbocycles. The molecule has 1 N–H and O–H groups in total. The molecule has 0 saturated heterocycles. The standard InChI is InChI=1S/C23H21FN2O2/c1-26(14-15-5-4-8-19(24)11-15)23(28)20-12-17-6-2-3-7-18(17)13-21(20)25-22(27)16-9-10-16/h2-8,11-13,16H,9-10,14H2,1H3,(H,25,27). The van der Waals surface area contributed by atoms with Crippen LogP contribution in [0.2, 0.25) is 0 Å². The van der Waals surface area contributed by atoms with Gasteiger partial charge in [-0.2, -0.15) is 0 Å². The van der Waals surface area contributed by atoms with Gasteiger partial charge >= 0.3 is 0 Å². The minimum absolute atomic E-state index is 0.0412. The van der Waals surface area contributed by atoms with Crippen molar-refractivity contribution in [2.45, 2.75) is 19.4 Å². The smallest absolute Gasteiger partial charge is 0.256 e. The van der Waals surface area contributed by atoms with Gasteiger partial charge in [-0.1, -0.05) is 36.4 Å². The number of hydrogen-bond acceptors (Lipinski definition) is 2. The number of benzene rings is 3. The SMILES string of the molecule is CN(Cc1cccc(F)c1)C(=O)c1cc2ccccc2cc1NC(=O)C1CC1. The maximum atomic E-state index is 13.5. The van der Waals surface area contributed by atoms with E-state index in [1.165, 1.54) is 17.0 Å². The van der Waals surface area contributed by atoms with E-state index in [4.69, 9.17) is 0 Å². The third-order valence-electron chi connectivity index (χ3n) is 4.98. The van der Waals surface area contributed by atoms with Gasteiger partial charge in [0.2, 0.25) is 5.91 Å². The van der Waals surface area contributed by atoms with Crippen LogP contribution in [0.1, 0.15) is 28.8 Å². The Morgan fingerprint density at radius 1 is 1.04 bits per heavy atom. The van der Waals surface area contributed by atoms with Crippen LogP contribution in [-0.2, 0) is 11.3 Å². The van der Waals surface area contributed by atoms with Gasteiger partial charge in [0.05, 0.1) is 11.3 Å².